The van der Waals surface area contributed by atoms with Gasteiger partial charge in [0.05, 0.1) is 0 Å². The third-order valence-electron chi connectivity index (χ3n) is 3.36. The standard InChI is InChI=1S/C18H23Cl5N4O2S2/c1-16(2,3)12(28)26-11(10(19)20)31-15-24-8-7-9(25-15)30-14(18(21,22)23)27-13(29)17(4,5)6/h7-8,14H,1-6H3,(H,26,28)(H,27,29)/t14-/m1/s1. The zero-order valence-corrected chi connectivity index (χ0v) is 23.1. The van der Waals surface area contributed by atoms with Gasteiger partial charge in [-0.15, -0.1) is 0 Å². The number of nitrogens with zero attached hydrogens (tertiary/aromatic N) is 2. The van der Waals surface area contributed by atoms with Gasteiger partial charge in [-0.25, -0.2) is 9.97 Å². The molecular weight excluding hydrogens is 546 g/mol. The van der Waals surface area contributed by atoms with Crippen molar-refractivity contribution in [1.82, 2.24) is 20.6 Å². The van der Waals surface area contributed by atoms with Crippen molar-refractivity contribution in [2.24, 2.45) is 10.8 Å². The molecule has 0 spiro atoms. The molecule has 13 heteroatoms. The lowest BCUT2D eigenvalue weighted by atomic mass is 9.96. The summed E-state index contributed by atoms with van der Waals surface area (Å²) in [5.41, 5.74) is -1.33. The second-order valence-corrected chi connectivity index (χ2v) is 13.8. The molecule has 0 fully saturated rings. The molecule has 1 heterocycles. The Labute approximate surface area is 215 Å². The molecule has 0 aliphatic rings. The Balaban J connectivity index is 3.06. The summed E-state index contributed by atoms with van der Waals surface area (Å²) in [5.74, 6) is -0.565. The summed E-state index contributed by atoms with van der Waals surface area (Å²) in [5, 5.41) is 5.33. The molecule has 2 amide bonds. The van der Waals surface area contributed by atoms with Crippen molar-refractivity contribution >= 4 is 93.3 Å². The number of amides is 2. The number of nitrogens with one attached hydrogen (secondary N) is 2. The Morgan fingerprint density at radius 1 is 1.00 bits per heavy atom. The Morgan fingerprint density at radius 3 is 2.00 bits per heavy atom. The van der Waals surface area contributed by atoms with E-state index in [-0.39, 0.29) is 26.5 Å². The number of thioether (sulfide) groups is 2. The molecule has 1 aromatic rings. The quantitative estimate of drug-likeness (QED) is 0.138. The molecule has 1 rings (SSSR count). The SMILES string of the molecule is CC(C)(C)C(=O)NC(Sc1nccc(S[C@@H](NC(=O)C(C)(C)C)C(Cl)(Cl)Cl)n1)=C(Cl)Cl. The van der Waals surface area contributed by atoms with Gasteiger partial charge >= 0.3 is 0 Å². The highest BCUT2D eigenvalue weighted by molar-refractivity contribution is 8.03. The van der Waals surface area contributed by atoms with E-state index in [1.807, 2.05) is 0 Å². The Morgan fingerprint density at radius 2 is 1.55 bits per heavy atom. The Hall–Kier alpha value is -0.0900. The van der Waals surface area contributed by atoms with Gasteiger partial charge in [0.2, 0.25) is 15.6 Å². The molecule has 0 aromatic carbocycles. The number of carbonyl (C=O) groups is 2. The summed E-state index contributed by atoms with van der Waals surface area (Å²) in [6.07, 6.45) is 1.49. The zero-order valence-electron chi connectivity index (χ0n) is 17.6. The average Bonchev–Trinajstić information content (AvgIpc) is 2.58. The largest absolute Gasteiger partial charge is 0.339 e. The molecule has 0 saturated carbocycles. The van der Waals surface area contributed by atoms with Crippen LogP contribution in [-0.2, 0) is 9.59 Å². The minimum absolute atomic E-state index is 0.138. The van der Waals surface area contributed by atoms with Crippen LogP contribution >= 0.6 is 81.5 Å². The van der Waals surface area contributed by atoms with Crippen LogP contribution in [0.2, 0.25) is 0 Å². The van der Waals surface area contributed by atoms with Crippen molar-refractivity contribution in [2.75, 3.05) is 0 Å². The first-order chi connectivity index (χ1) is 13.9. The van der Waals surface area contributed by atoms with E-state index in [2.05, 4.69) is 20.6 Å². The predicted molar refractivity (Wildman–Crippen MR) is 132 cm³/mol. The van der Waals surface area contributed by atoms with Crippen LogP contribution in [0.5, 0.6) is 0 Å². The molecule has 174 valence electrons. The lowest BCUT2D eigenvalue weighted by Crippen LogP contribution is -2.46. The normalized spacial score (nSPS) is 13.4. The topological polar surface area (TPSA) is 84.0 Å². The number of aromatic nitrogens is 2. The van der Waals surface area contributed by atoms with Crippen LogP contribution in [0.4, 0.5) is 0 Å². The predicted octanol–water partition coefficient (Wildman–Crippen LogP) is 6.29. The minimum atomic E-state index is -1.80. The second-order valence-electron chi connectivity index (χ2n) is 8.34. The summed E-state index contributed by atoms with van der Waals surface area (Å²) in [6.45, 7) is 10.5. The lowest BCUT2D eigenvalue weighted by molar-refractivity contribution is -0.129. The Kier molecular flexibility index (Phi) is 10.6. The summed E-state index contributed by atoms with van der Waals surface area (Å²) >= 11 is 32.1. The van der Waals surface area contributed by atoms with Gasteiger partial charge in [-0.3, -0.25) is 9.59 Å². The fourth-order valence-corrected chi connectivity index (χ4v) is 4.00. The second kappa shape index (κ2) is 11.4. The molecule has 31 heavy (non-hydrogen) atoms. The van der Waals surface area contributed by atoms with Crippen molar-refractivity contribution in [3.63, 3.8) is 0 Å². The van der Waals surface area contributed by atoms with Gasteiger partial charge in [-0.2, -0.15) is 0 Å². The van der Waals surface area contributed by atoms with Crippen LogP contribution < -0.4 is 10.6 Å². The first-order valence-corrected chi connectivity index (χ1v) is 12.4. The molecule has 0 bridgehead atoms. The first-order valence-electron chi connectivity index (χ1n) is 8.83. The van der Waals surface area contributed by atoms with Gasteiger partial charge in [0.25, 0.3) is 0 Å². The molecule has 0 saturated heterocycles. The van der Waals surface area contributed by atoms with Gasteiger partial charge in [0.15, 0.2) is 5.16 Å². The van der Waals surface area contributed by atoms with Crippen LogP contribution in [0.15, 0.2) is 32.0 Å². The number of carbonyl (C=O) groups excluding carboxylic acids is 2. The van der Waals surface area contributed by atoms with Crippen LogP contribution in [0.25, 0.3) is 0 Å². The van der Waals surface area contributed by atoms with Crippen molar-refractivity contribution in [1.29, 1.82) is 0 Å². The maximum atomic E-state index is 12.4. The molecule has 0 aliphatic heterocycles. The fraction of sp³-hybridized carbons (Fsp3) is 0.556. The van der Waals surface area contributed by atoms with E-state index in [1.54, 1.807) is 47.6 Å². The van der Waals surface area contributed by atoms with Gasteiger partial charge in [0.1, 0.15) is 19.9 Å². The van der Waals surface area contributed by atoms with Crippen LogP contribution in [0.1, 0.15) is 41.5 Å². The number of halogens is 5. The molecule has 1 atom stereocenters. The van der Waals surface area contributed by atoms with E-state index in [0.717, 1.165) is 23.5 Å². The molecule has 0 unspecified atom stereocenters. The van der Waals surface area contributed by atoms with Crippen LogP contribution in [0.3, 0.4) is 0 Å². The van der Waals surface area contributed by atoms with E-state index in [4.69, 9.17) is 58.0 Å². The van der Waals surface area contributed by atoms with Crippen molar-refractivity contribution in [3.8, 4) is 0 Å². The van der Waals surface area contributed by atoms with Gasteiger partial charge < -0.3 is 10.6 Å². The van der Waals surface area contributed by atoms with Gasteiger partial charge in [0, 0.05) is 17.0 Å². The van der Waals surface area contributed by atoms with E-state index in [9.17, 15) is 9.59 Å². The van der Waals surface area contributed by atoms with Crippen LogP contribution in [-0.4, -0.2) is 30.9 Å². The highest BCUT2D eigenvalue weighted by Crippen LogP contribution is 2.40. The van der Waals surface area contributed by atoms with E-state index < -0.39 is 20.0 Å². The first kappa shape index (κ1) is 28.9. The summed E-state index contributed by atoms with van der Waals surface area (Å²) in [7, 11) is 0. The lowest BCUT2D eigenvalue weighted by Gasteiger charge is -2.28. The van der Waals surface area contributed by atoms with E-state index in [0.29, 0.717) is 5.03 Å². The maximum Gasteiger partial charge on any atom is 0.230 e. The zero-order chi connectivity index (χ0) is 24.2. The molecular formula is C18H23Cl5N4O2S2. The molecule has 0 aliphatic carbocycles. The van der Waals surface area contributed by atoms with Crippen molar-refractivity contribution in [3.05, 3.63) is 21.8 Å². The summed E-state index contributed by atoms with van der Waals surface area (Å²) in [4.78, 5) is 33.2. The number of hydrogen-bond donors (Lipinski definition) is 2. The van der Waals surface area contributed by atoms with Crippen molar-refractivity contribution < 1.29 is 9.59 Å². The third kappa shape index (κ3) is 10.2. The smallest absolute Gasteiger partial charge is 0.230 e. The highest BCUT2D eigenvalue weighted by Gasteiger charge is 2.37. The Bertz CT molecular complexity index is 845. The minimum Gasteiger partial charge on any atom is -0.339 e. The fourth-order valence-electron chi connectivity index (χ4n) is 1.57. The number of hydrogen-bond acceptors (Lipinski definition) is 6. The van der Waals surface area contributed by atoms with E-state index >= 15 is 0 Å². The average molecular weight is 569 g/mol. The monoisotopic (exact) mass is 566 g/mol. The number of rotatable bonds is 6. The molecule has 2 N–H and O–H groups in total. The summed E-state index contributed by atoms with van der Waals surface area (Å²) < 4.78 is -1.93. The highest BCUT2D eigenvalue weighted by atomic mass is 35.6. The van der Waals surface area contributed by atoms with Crippen molar-refractivity contribution in [2.45, 2.75) is 60.9 Å². The third-order valence-corrected chi connectivity index (χ3v) is 7.07. The molecule has 6 nitrogen and oxygen atoms in total. The summed E-state index contributed by atoms with van der Waals surface area (Å²) in [6, 6.07) is 1.60. The molecule has 1 aromatic heterocycles. The maximum absolute atomic E-state index is 12.4. The van der Waals surface area contributed by atoms with Crippen LogP contribution in [0, 0.1) is 10.8 Å². The number of alkyl halides is 3. The van der Waals surface area contributed by atoms with Gasteiger partial charge in [-0.1, -0.05) is 111 Å². The van der Waals surface area contributed by atoms with Gasteiger partial charge in [-0.05, 0) is 17.8 Å². The van der Waals surface area contributed by atoms with E-state index in [1.165, 1.54) is 6.20 Å². The molecule has 0 radical (unpaired) electrons.